The zero-order chi connectivity index (χ0) is 90.8. The summed E-state index contributed by atoms with van der Waals surface area (Å²) >= 11 is 1.88. The predicted octanol–water partition coefficient (Wildman–Crippen LogP) is 32.5. The van der Waals surface area contributed by atoms with E-state index in [1.165, 1.54) is 85.4 Å². The third kappa shape index (κ3) is 13.2. The summed E-state index contributed by atoms with van der Waals surface area (Å²) in [6.07, 6.45) is 0. The van der Waals surface area contributed by atoms with Crippen molar-refractivity contribution in [3.05, 3.63) is 455 Å². The van der Waals surface area contributed by atoms with Crippen LogP contribution in [0.15, 0.2) is 464 Å². The zero-order valence-electron chi connectivity index (χ0n) is 73.9. The molecule has 0 saturated heterocycles. The highest BCUT2D eigenvalue weighted by Gasteiger charge is 2.28. The van der Waals surface area contributed by atoms with Crippen molar-refractivity contribution in [1.29, 1.82) is 0 Å². The quantitative estimate of drug-likeness (QED) is 0.123. The van der Waals surface area contributed by atoms with Crippen molar-refractivity contribution < 1.29 is 8.83 Å². The molecular weight excluding hydrogens is 1710 g/mol. The van der Waals surface area contributed by atoms with E-state index in [2.05, 4.69) is 311 Å². The minimum Gasteiger partial charge on any atom is -0.455 e. The van der Waals surface area contributed by atoms with E-state index in [0.29, 0.717) is 40.9 Å². The topological polar surface area (TPSA) is 144 Å². The normalized spacial score (nSPS) is 11.8. The van der Waals surface area contributed by atoms with E-state index in [9.17, 15) is 0 Å². The van der Waals surface area contributed by atoms with Gasteiger partial charge in [0.05, 0.1) is 54.4 Å². The summed E-state index contributed by atoms with van der Waals surface area (Å²) in [5.41, 5.74) is 23.3. The molecule has 0 N–H and O–H groups in total. The molecule has 14 heteroatoms. The van der Waals surface area contributed by atoms with Crippen LogP contribution in [0.4, 0.5) is 0 Å². The molecule has 0 radical (unpaired) electrons. The lowest BCUT2D eigenvalue weighted by Gasteiger charge is -2.12. The molecule has 0 aliphatic carbocycles. The van der Waals surface area contributed by atoms with Crippen molar-refractivity contribution in [2.45, 2.75) is 0 Å². The van der Waals surface area contributed by atoms with E-state index >= 15 is 0 Å². The third-order valence-corrected chi connectivity index (χ3v) is 27.9. The van der Waals surface area contributed by atoms with Gasteiger partial charge in [-0.15, -0.1) is 11.3 Å². The van der Waals surface area contributed by atoms with E-state index in [0.717, 1.165) is 144 Å². The minimum atomic E-state index is 0.627. The number of para-hydroxylation sites is 6. The molecule has 9 aromatic heterocycles. The van der Waals surface area contributed by atoms with E-state index in [-0.39, 0.29) is 0 Å². The molecule has 0 spiro atoms. The number of thiophene rings is 1. The predicted molar refractivity (Wildman–Crippen MR) is 568 cm³/mol. The summed E-state index contributed by atoms with van der Waals surface area (Å²) in [6.45, 7) is 0. The SMILES string of the molecule is c1ccc(-c2ccc(-c3nc(-n4c5ccccc5c5c6oc7ccccc7c6ccc54)nc4ccccc34)cc2)cc1.c1ccc(-c2nc(-c3ccccc3)nc(-c3ccc(-n4c5ccccc5c5c6ccccc6c6c7ccccc7oc6c54)cc3)n2)cc1.c1ccc(-c2nc(-c3ccccc3)nc(-c3ccc(-n4c5ccccc5c5c6ccccc6c6c7ccccc7sc6c54)cc3)n2)cc1. The maximum atomic E-state index is 6.72. The second-order valence-corrected chi connectivity index (χ2v) is 35.7. The van der Waals surface area contributed by atoms with Gasteiger partial charge in [0, 0.05) is 120 Å². The average Bonchev–Trinajstić information content (AvgIpc) is 1.54. The second-order valence-electron chi connectivity index (χ2n) is 34.6. The Labute approximate surface area is 793 Å². The second kappa shape index (κ2) is 32.8. The summed E-state index contributed by atoms with van der Waals surface area (Å²) in [6, 6.07) is 158. The van der Waals surface area contributed by atoms with Crippen molar-refractivity contribution in [1.82, 2.24) is 53.6 Å². The van der Waals surface area contributed by atoms with Gasteiger partial charge in [0.1, 0.15) is 16.7 Å². The Morgan fingerprint density at radius 1 is 0.188 bits per heavy atom. The third-order valence-electron chi connectivity index (χ3n) is 26.7. The fourth-order valence-corrected chi connectivity index (χ4v) is 21.7. The van der Waals surface area contributed by atoms with Crippen LogP contribution in [0.25, 0.3) is 270 Å². The molecule has 0 bridgehead atoms. The van der Waals surface area contributed by atoms with Gasteiger partial charge in [0.15, 0.2) is 40.5 Å². The van der Waals surface area contributed by atoms with Crippen molar-refractivity contribution in [2.24, 2.45) is 0 Å². The molecular formula is C124H75N11O2S. The minimum absolute atomic E-state index is 0.627. The summed E-state index contributed by atoms with van der Waals surface area (Å²) < 4.78 is 22.8. The number of fused-ring (bicyclic) bond motifs is 28. The molecule has 29 aromatic rings. The van der Waals surface area contributed by atoms with Gasteiger partial charge in [-0.1, -0.05) is 352 Å². The molecule has 0 amide bonds. The molecule has 0 unspecified atom stereocenters. The van der Waals surface area contributed by atoms with E-state index in [4.69, 9.17) is 48.7 Å². The Balaban J connectivity index is 0.000000105. The Hall–Kier alpha value is -18.5. The van der Waals surface area contributed by atoms with Gasteiger partial charge < -0.3 is 18.0 Å². The van der Waals surface area contributed by atoms with Crippen LogP contribution >= 0.6 is 11.3 Å². The molecule has 644 valence electrons. The fraction of sp³-hybridized carbons (Fsp3) is 0. The van der Waals surface area contributed by atoms with Gasteiger partial charge in [0.2, 0.25) is 5.95 Å². The van der Waals surface area contributed by atoms with Gasteiger partial charge >= 0.3 is 0 Å². The Morgan fingerprint density at radius 2 is 0.529 bits per heavy atom. The van der Waals surface area contributed by atoms with Crippen LogP contribution < -0.4 is 0 Å². The summed E-state index contributed by atoms with van der Waals surface area (Å²) in [5.74, 6) is 4.51. The van der Waals surface area contributed by atoms with Crippen LogP contribution in [-0.2, 0) is 0 Å². The number of rotatable bonds is 11. The molecule has 29 rings (SSSR count). The highest BCUT2D eigenvalue weighted by atomic mass is 32.1. The molecule has 0 atom stereocenters. The lowest BCUT2D eigenvalue weighted by molar-refractivity contribution is 0.671. The van der Waals surface area contributed by atoms with Crippen LogP contribution in [0.3, 0.4) is 0 Å². The number of benzene rings is 20. The van der Waals surface area contributed by atoms with Crippen LogP contribution in [0.1, 0.15) is 0 Å². The first-order valence-corrected chi connectivity index (χ1v) is 47.0. The monoisotopic (exact) mass is 1780 g/mol. The standard InChI is InChI=1S/C43H26N4O.C43H26N4S.C38H23N3O/c2*1-3-13-27(14-4-1)41-44-42(28-15-5-2-6-16-28)46-43(45-41)29-23-25-30(26-24-29)47-35-21-11-9-19-33(35)37-31-17-7-8-18-32(31)38-34-20-10-12-22-36(34)48-40(38)39(37)47;1-2-10-24(11-3-1)25-18-20-26(21-19-25)36-29-13-4-7-15-31(29)39-38(40-36)41-32-16-8-5-14-30(32)35-33(41)23-22-28-27-12-6-9-17-34(27)42-37(28)35/h2*1-26H;1-23H. The highest BCUT2D eigenvalue weighted by molar-refractivity contribution is 7.27. The average molecular weight is 1780 g/mol. The van der Waals surface area contributed by atoms with Crippen molar-refractivity contribution in [3.63, 3.8) is 0 Å². The van der Waals surface area contributed by atoms with E-state index in [1.54, 1.807) is 0 Å². The largest absolute Gasteiger partial charge is 0.455 e. The number of furan rings is 2. The van der Waals surface area contributed by atoms with Gasteiger partial charge in [-0.2, -0.15) is 0 Å². The van der Waals surface area contributed by atoms with E-state index < -0.39 is 0 Å². The van der Waals surface area contributed by atoms with Gasteiger partial charge in [-0.3, -0.25) is 4.57 Å². The number of aromatic nitrogens is 11. The maximum Gasteiger partial charge on any atom is 0.235 e. The van der Waals surface area contributed by atoms with Gasteiger partial charge in [0.25, 0.3) is 0 Å². The first-order valence-electron chi connectivity index (χ1n) is 46.2. The number of hydrogen-bond donors (Lipinski definition) is 0. The summed E-state index contributed by atoms with van der Waals surface area (Å²) in [5, 5.41) is 20.2. The number of hydrogen-bond acceptors (Lipinski definition) is 11. The van der Waals surface area contributed by atoms with Crippen molar-refractivity contribution in [3.8, 4) is 108 Å². The molecule has 0 aliphatic rings. The fourth-order valence-electron chi connectivity index (χ4n) is 20.5. The number of nitrogens with zero attached hydrogens (tertiary/aromatic N) is 11. The Morgan fingerprint density at radius 3 is 1.04 bits per heavy atom. The lowest BCUT2D eigenvalue weighted by Crippen LogP contribution is -2.03. The molecule has 9 heterocycles. The van der Waals surface area contributed by atoms with Crippen LogP contribution in [0.5, 0.6) is 0 Å². The van der Waals surface area contributed by atoms with Gasteiger partial charge in [-0.25, -0.2) is 39.9 Å². The van der Waals surface area contributed by atoms with Crippen LogP contribution in [-0.4, -0.2) is 53.6 Å². The zero-order valence-corrected chi connectivity index (χ0v) is 74.8. The molecule has 20 aromatic carbocycles. The Kier molecular flexibility index (Phi) is 18.8. The van der Waals surface area contributed by atoms with Crippen LogP contribution in [0, 0.1) is 0 Å². The maximum absolute atomic E-state index is 6.72. The summed E-state index contributed by atoms with van der Waals surface area (Å²) in [7, 11) is 0. The molecule has 0 saturated carbocycles. The van der Waals surface area contributed by atoms with E-state index in [1.807, 2.05) is 169 Å². The molecule has 0 aliphatic heterocycles. The highest BCUT2D eigenvalue weighted by Crippen LogP contribution is 2.51. The lowest BCUT2D eigenvalue weighted by atomic mass is 9.99. The Bertz CT molecular complexity index is 9380. The molecule has 138 heavy (non-hydrogen) atoms. The van der Waals surface area contributed by atoms with Crippen molar-refractivity contribution in [2.75, 3.05) is 0 Å². The first kappa shape index (κ1) is 79.3. The smallest absolute Gasteiger partial charge is 0.235 e. The first-order chi connectivity index (χ1) is 68.5. The van der Waals surface area contributed by atoms with Gasteiger partial charge in [-0.05, 0) is 136 Å². The molecule has 13 nitrogen and oxygen atoms in total. The summed E-state index contributed by atoms with van der Waals surface area (Å²) in [4.78, 5) is 39.9. The molecule has 0 fully saturated rings. The van der Waals surface area contributed by atoms with Crippen LogP contribution in [0.2, 0.25) is 0 Å². The van der Waals surface area contributed by atoms with Crippen molar-refractivity contribution >= 4 is 173 Å².